The zero-order valence-electron chi connectivity index (χ0n) is 10.4. The van der Waals surface area contributed by atoms with Gasteiger partial charge in [0.2, 0.25) is 5.91 Å². The van der Waals surface area contributed by atoms with Crippen LogP contribution in [0.5, 0.6) is 0 Å². The summed E-state index contributed by atoms with van der Waals surface area (Å²) in [5, 5.41) is 3.39. The van der Waals surface area contributed by atoms with Gasteiger partial charge in [0, 0.05) is 10.7 Å². The number of hydrogen-bond acceptors (Lipinski definition) is 1. The van der Waals surface area contributed by atoms with E-state index in [0.717, 1.165) is 23.2 Å². The number of alkyl halides is 1. The molecule has 2 unspecified atom stereocenters. The third-order valence-electron chi connectivity index (χ3n) is 4.09. The molecule has 0 spiro atoms. The fourth-order valence-electron chi connectivity index (χ4n) is 2.70. The molecule has 1 aliphatic carbocycles. The predicted molar refractivity (Wildman–Crippen MR) is 74.3 cm³/mol. The van der Waals surface area contributed by atoms with Crippen molar-refractivity contribution in [3.8, 4) is 0 Å². The van der Waals surface area contributed by atoms with Crippen LogP contribution in [0.15, 0.2) is 12.1 Å². The summed E-state index contributed by atoms with van der Waals surface area (Å²) in [5.74, 6) is 0.496. The molecule has 1 saturated carbocycles. The number of hydrogen-bond donors (Lipinski definition) is 1. The lowest BCUT2D eigenvalue weighted by atomic mass is 9.99. The first-order chi connectivity index (χ1) is 8.38. The van der Waals surface area contributed by atoms with Gasteiger partial charge in [0.05, 0.1) is 11.8 Å². The Morgan fingerprint density at radius 2 is 2.11 bits per heavy atom. The first-order valence-corrected chi connectivity index (χ1v) is 6.96. The predicted octanol–water partition coefficient (Wildman–Crippen LogP) is 4.16. The van der Waals surface area contributed by atoms with E-state index in [4.69, 9.17) is 23.2 Å². The molecule has 1 amide bonds. The maximum absolute atomic E-state index is 11.4. The van der Waals surface area contributed by atoms with Crippen LogP contribution in [-0.4, -0.2) is 5.91 Å². The van der Waals surface area contributed by atoms with Crippen molar-refractivity contribution in [2.45, 2.75) is 32.1 Å². The molecule has 2 atom stereocenters. The zero-order chi connectivity index (χ0) is 13.1. The van der Waals surface area contributed by atoms with Crippen LogP contribution in [0.2, 0.25) is 5.02 Å². The minimum absolute atomic E-state index is 0.0242. The van der Waals surface area contributed by atoms with Gasteiger partial charge in [0.1, 0.15) is 0 Å². The molecule has 2 nitrogen and oxygen atoms in total. The van der Waals surface area contributed by atoms with E-state index in [-0.39, 0.29) is 11.3 Å². The van der Waals surface area contributed by atoms with Crippen molar-refractivity contribution in [3.63, 3.8) is 0 Å². The largest absolute Gasteiger partial charge is 0.325 e. The van der Waals surface area contributed by atoms with Crippen molar-refractivity contribution < 1.29 is 4.79 Å². The van der Waals surface area contributed by atoms with Gasteiger partial charge < -0.3 is 5.32 Å². The van der Waals surface area contributed by atoms with Crippen molar-refractivity contribution >= 4 is 34.8 Å². The maximum atomic E-state index is 11.4. The smallest absolute Gasteiger partial charge is 0.228 e. The second-order valence-electron chi connectivity index (χ2n) is 5.96. The van der Waals surface area contributed by atoms with Gasteiger partial charge in [-0.1, -0.05) is 31.5 Å². The first kappa shape index (κ1) is 12.3. The molecule has 0 radical (unpaired) electrons. The molecule has 0 aromatic heterocycles. The number of carbonyl (C=O) groups is 1. The van der Waals surface area contributed by atoms with E-state index >= 15 is 0 Å². The molecular weight excluding hydrogens is 269 g/mol. The van der Waals surface area contributed by atoms with E-state index in [1.54, 1.807) is 0 Å². The number of carbonyl (C=O) groups excluding carboxylic acids is 1. The fourth-order valence-corrected chi connectivity index (χ4v) is 3.65. The summed E-state index contributed by atoms with van der Waals surface area (Å²) < 4.78 is 0. The molecule has 2 aliphatic rings. The van der Waals surface area contributed by atoms with E-state index < -0.39 is 0 Å². The normalized spacial score (nSPS) is 25.6. The molecule has 1 heterocycles. The Morgan fingerprint density at radius 1 is 1.44 bits per heavy atom. The van der Waals surface area contributed by atoms with Crippen LogP contribution in [0.1, 0.15) is 36.8 Å². The highest BCUT2D eigenvalue weighted by Gasteiger charge is 2.50. The number of benzene rings is 1. The summed E-state index contributed by atoms with van der Waals surface area (Å²) in [5.41, 5.74) is 3.10. The van der Waals surface area contributed by atoms with Crippen molar-refractivity contribution in [1.82, 2.24) is 0 Å². The van der Waals surface area contributed by atoms with Crippen LogP contribution >= 0.6 is 23.2 Å². The second-order valence-corrected chi connectivity index (χ2v) is 6.83. The van der Waals surface area contributed by atoms with Gasteiger partial charge in [-0.3, -0.25) is 4.79 Å². The highest BCUT2D eigenvalue weighted by Crippen LogP contribution is 2.60. The Bertz CT molecular complexity index is 539. The van der Waals surface area contributed by atoms with Gasteiger partial charge in [-0.2, -0.15) is 0 Å². The summed E-state index contributed by atoms with van der Waals surface area (Å²) in [4.78, 5) is 11.4. The third-order valence-corrected chi connectivity index (χ3v) is 4.95. The quantitative estimate of drug-likeness (QED) is 0.812. The fraction of sp³-hybridized carbons (Fsp3) is 0.500. The van der Waals surface area contributed by atoms with E-state index in [0.29, 0.717) is 22.8 Å². The lowest BCUT2D eigenvalue weighted by Crippen LogP contribution is -2.03. The molecule has 18 heavy (non-hydrogen) atoms. The SMILES string of the molecule is CC1(C)CC1C(Cl)c1cc2c(cc1Cl)NC(=O)C2. The molecule has 1 aliphatic heterocycles. The average molecular weight is 284 g/mol. The van der Waals surface area contributed by atoms with Gasteiger partial charge in [-0.25, -0.2) is 0 Å². The van der Waals surface area contributed by atoms with Gasteiger partial charge >= 0.3 is 0 Å². The molecule has 0 saturated heterocycles. The highest BCUT2D eigenvalue weighted by molar-refractivity contribution is 6.33. The van der Waals surface area contributed by atoms with Gasteiger partial charge in [-0.15, -0.1) is 11.6 Å². The van der Waals surface area contributed by atoms with Crippen LogP contribution in [0.3, 0.4) is 0 Å². The first-order valence-electron chi connectivity index (χ1n) is 6.15. The Kier molecular flexibility index (Phi) is 2.65. The Morgan fingerprint density at radius 3 is 2.72 bits per heavy atom. The van der Waals surface area contributed by atoms with Gasteiger partial charge in [0.15, 0.2) is 0 Å². The number of halogens is 2. The van der Waals surface area contributed by atoms with Gasteiger partial charge in [-0.05, 0) is 34.9 Å². The zero-order valence-corrected chi connectivity index (χ0v) is 11.9. The number of nitrogens with one attached hydrogen (secondary N) is 1. The minimum Gasteiger partial charge on any atom is -0.325 e. The number of anilines is 1. The van der Waals surface area contributed by atoms with Crippen molar-refractivity contribution in [3.05, 3.63) is 28.3 Å². The summed E-state index contributed by atoms with van der Waals surface area (Å²) in [6, 6.07) is 3.81. The molecule has 96 valence electrons. The standard InChI is InChI=1S/C14H15Cl2NO/c1-14(2)6-9(14)13(16)8-3-7-4-12(18)17-11(7)5-10(8)15/h3,5,9,13H,4,6H2,1-2H3,(H,17,18). The van der Waals surface area contributed by atoms with E-state index in [2.05, 4.69) is 19.2 Å². The lowest BCUT2D eigenvalue weighted by Gasteiger charge is -2.15. The lowest BCUT2D eigenvalue weighted by molar-refractivity contribution is -0.115. The Labute approximate surface area is 117 Å². The maximum Gasteiger partial charge on any atom is 0.228 e. The summed E-state index contributed by atoms with van der Waals surface area (Å²) >= 11 is 12.8. The monoisotopic (exact) mass is 283 g/mol. The topological polar surface area (TPSA) is 29.1 Å². The Hall–Kier alpha value is -0.730. The molecule has 3 rings (SSSR count). The van der Waals surface area contributed by atoms with Crippen LogP contribution in [0, 0.1) is 11.3 Å². The van der Waals surface area contributed by atoms with Crippen LogP contribution in [-0.2, 0) is 11.2 Å². The van der Waals surface area contributed by atoms with Crippen LogP contribution < -0.4 is 5.32 Å². The molecule has 4 heteroatoms. The Balaban J connectivity index is 1.94. The van der Waals surface area contributed by atoms with Crippen LogP contribution in [0.4, 0.5) is 5.69 Å². The molecule has 1 aromatic rings. The minimum atomic E-state index is -0.0616. The van der Waals surface area contributed by atoms with Crippen LogP contribution in [0.25, 0.3) is 0 Å². The molecule has 1 aromatic carbocycles. The van der Waals surface area contributed by atoms with E-state index in [1.165, 1.54) is 0 Å². The van der Waals surface area contributed by atoms with Gasteiger partial charge in [0.25, 0.3) is 0 Å². The van der Waals surface area contributed by atoms with E-state index in [1.807, 2.05) is 12.1 Å². The summed E-state index contributed by atoms with van der Waals surface area (Å²) in [6.45, 7) is 4.44. The second kappa shape index (κ2) is 3.88. The number of amides is 1. The molecule has 1 N–H and O–H groups in total. The van der Waals surface area contributed by atoms with Crippen molar-refractivity contribution in [2.75, 3.05) is 5.32 Å². The molecule has 0 bridgehead atoms. The average Bonchev–Trinajstić information content (AvgIpc) is 2.75. The highest BCUT2D eigenvalue weighted by atomic mass is 35.5. The molecule has 1 fully saturated rings. The summed E-state index contributed by atoms with van der Waals surface area (Å²) in [6.07, 6.45) is 1.56. The number of fused-ring (bicyclic) bond motifs is 1. The van der Waals surface area contributed by atoms with Crippen molar-refractivity contribution in [1.29, 1.82) is 0 Å². The van der Waals surface area contributed by atoms with E-state index in [9.17, 15) is 4.79 Å². The summed E-state index contributed by atoms with van der Waals surface area (Å²) in [7, 11) is 0. The molecular formula is C14H15Cl2NO. The third kappa shape index (κ3) is 1.92. The van der Waals surface area contributed by atoms with Crippen molar-refractivity contribution in [2.24, 2.45) is 11.3 Å². The number of rotatable bonds is 2.